The summed E-state index contributed by atoms with van der Waals surface area (Å²) in [7, 11) is 0. The van der Waals surface area contributed by atoms with E-state index in [1.165, 1.54) is 89.9 Å². The number of carbonyl (C=O) groups is 1. The molecule has 0 aromatic carbocycles. The van der Waals surface area contributed by atoms with Crippen LogP contribution in [0, 0.1) is 47.3 Å². The Morgan fingerprint density at radius 1 is 0.655 bits per heavy atom. The van der Waals surface area contributed by atoms with E-state index < -0.39 is 0 Å². The Hall–Kier alpha value is -0.570. The maximum absolute atomic E-state index is 14.0. The minimum Gasteiger partial charge on any atom is -0.322 e. The second-order valence-electron chi connectivity index (χ2n) is 12.1. The predicted molar refractivity (Wildman–Crippen MR) is 114 cm³/mol. The summed E-state index contributed by atoms with van der Waals surface area (Å²) in [5.74, 6) is 6.83. The molecular weight excluding hydrogens is 356 g/mol. The molecule has 1 amide bonds. The Bertz CT molecular complexity index is 676. The molecule has 29 heavy (non-hydrogen) atoms. The van der Waals surface area contributed by atoms with Crippen LogP contribution in [0.1, 0.15) is 89.9 Å². The molecule has 3 nitrogen and oxygen atoms in total. The minimum atomic E-state index is 0.377. The zero-order valence-corrected chi connectivity index (χ0v) is 18.1. The van der Waals surface area contributed by atoms with Crippen molar-refractivity contribution in [3.8, 4) is 0 Å². The van der Waals surface area contributed by atoms with Crippen molar-refractivity contribution >= 4 is 5.91 Å². The van der Waals surface area contributed by atoms with Gasteiger partial charge in [0.25, 0.3) is 0 Å². The van der Waals surface area contributed by atoms with Crippen LogP contribution >= 0.6 is 0 Å². The van der Waals surface area contributed by atoms with Gasteiger partial charge in [-0.15, -0.1) is 0 Å². The zero-order valence-electron chi connectivity index (χ0n) is 18.1. The smallest absolute Gasteiger partial charge is 0.227 e. The molecule has 7 fully saturated rings. The van der Waals surface area contributed by atoms with Crippen LogP contribution in [0.25, 0.3) is 0 Å². The highest BCUT2D eigenvalue weighted by molar-refractivity contribution is 5.81. The molecule has 0 aromatic rings. The number of hydrogen-bond acceptors (Lipinski definition) is 2. The Labute approximate surface area is 176 Å². The molecule has 0 radical (unpaired) electrons. The van der Waals surface area contributed by atoms with E-state index in [1.54, 1.807) is 0 Å². The fraction of sp³-hybridized carbons (Fsp3) is 0.962. The summed E-state index contributed by atoms with van der Waals surface area (Å²) in [6.45, 7) is 0. The van der Waals surface area contributed by atoms with E-state index >= 15 is 0 Å². The first kappa shape index (κ1) is 18.0. The normalized spacial score (nSPS) is 55.9. The fourth-order valence-corrected chi connectivity index (χ4v) is 10.5. The van der Waals surface area contributed by atoms with Crippen molar-refractivity contribution in [1.82, 2.24) is 10.2 Å². The third-order valence-electron chi connectivity index (χ3n) is 11.2. The number of fused-ring (bicyclic) bond motifs is 9. The number of nitrogens with one attached hydrogen (secondary N) is 1. The van der Waals surface area contributed by atoms with Gasteiger partial charge in [0.1, 0.15) is 0 Å². The molecule has 5 saturated carbocycles. The van der Waals surface area contributed by atoms with Gasteiger partial charge in [-0.25, -0.2) is 0 Å². The molecule has 11 unspecified atom stereocenters. The van der Waals surface area contributed by atoms with Gasteiger partial charge >= 0.3 is 0 Å². The standard InChI is InChI=1S/C26H40N2O/c29-26-21-14-6-8-15-7-5-13-20(22(15)21)25-27-23-18-11-3-1-9-16(18)17-10-2-4-12-19(17)24(23)28(25)26/h15-25,27H,1-14H2. The Morgan fingerprint density at radius 2 is 1.28 bits per heavy atom. The quantitative estimate of drug-likeness (QED) is 0.628. The average Bonchev–Trinajstić information content (AvgIpc) is 3.19. The lowest BCUT2D eigenvalue weighted by Crippen LogP contribution is -2.63. The van der Waals surface area contributed by atoms with Crippen LogP contribution in [0.3, 0.4) is 0 Å². The van der Waals surface area contributed by atoms with Crippen molar-refractivity contribution in [1.29, 1.82) is 0 Å². The van der Waals surface area contributed by atoms with Crippen LogP contribution in [0.15, 0.2) is 0 Å². The van der Waals surface area contributed by atoms with Crippen LogP contribution in [0.4, 0.5) is 0 Å². The third-order valence-corrected chi connectivity index (χ3v) is 11.2. The van der Waals surface area contributed by atoms with Crippen molar-refractivity contribution in [3.05, 3.63) is 0 Å². The molecular formula is C26H40N2O. The maximum atomic E-state index is 14.0. The van der Waals surface area contributed by atoms with Crippen molar-refractivity contribution in [2.75, 3.05) is 0 Å². The first-order valence-electron chi connectivity index (χ1n) is 13.4. The highest BCUT2D eigenvalue weighted by Gasteiger charge is 2.64. The lowest BCUT2D eigenvalue weighted by Gasteiger charge is -2.57. The van der Waals surface area contributed by atoms with Gasteiger partial charge in [-0.05, 0) is 80.0 Å². The first-order valence-corrected chi connectivity index (χ1v) is 13.4. The molecule has 160 valence electrons. The van der Waals surface area contributed by atoms with Gasteiger partial charge < -0.3 is 4.90 Å². The van der Waals surface area contributed by atoms with Crippen LogP contribution in [-0.2, 0) is 4.79 Å². The van der Waals surface area contributed by atoms with Crippen molar-refractivity contribution in [3.63, 3.8) is 0 Å². The molecule has 3 heteroatoms. The van der Waals surface area contributed by atoms with Crippen LogP contribution in [-0.4, -0.2) is 29.1 Å². The van der Waals surface area contributed by atoms with Crippen LogP contribution in [0.5, 0.6) is 0 Å². The van der Waals surface area contributed by atoms with Crippen LogP contribution < -0.4 is 5.32 Å². The van der Waals surface area contributed by atoms with Crippen molar-refractivity contribution in [2.45, 2.75) is 108 Å². The largest absolute Gasteiger partial charge is 0.322 e. The second kappa shape index (κ2) is 6.71. The highest BCUT2D eigenvalue weighted by Crippen LogP contribution is 2.59. The van der Waals surface area contributed by atoms with Gasteiger partial charge in [0.05, 0.1) is 12.2 Å². The monoisotopic (exact) mass is 396 g/mol. The lowest BCUT2D eigenvalue weighted by atomic mass is 9.54. The lowest BCUT2D eigenvalue weighted by molar-refractivity contribution is -0.163. The maximum Gasteiger partial charge on any atom is 0.227 e. The topological polar surface area (TPSA) is 32.3 Å². The fourth-order valence-electron chi connectivity index (χ4n) is 10.5. The highest BCUT2D eigenvalue weighted by atomic mass is 16.2. The van der Waals surface area contributed by atoms with Gasteiger partial charge in [-0.2, -0.15) is 0 Å². The summed E-state index contributed by atoms with van der Waals surface area (Å²) in [4.78, 5) is 16.6. The minimum absolute atomic E-state index is 0.377. The Balaban J connectivity index is 1.29. The average molecular weight is 397 g/mol. The summed E-state index contributed by atoms with van der Waals surface area (Å²) >= 11 is 0. The molecule has 0 aromatic heterocycles. The van der Waals surface area contributed by atoms with Gasteiger partial charge in [-0.3, -0.25) is 10.1 Å². The number of piperidine rings is 1. The summed E-state index contributed by atoms with van der Waals surface area (Å²) in [6.07, 6.45) is 20.0. The van der Waals surface area contributed by atoms with Crippen LogP contribution in [0.2, 0.25) is 0 Å². The number of rotatable bonds is 0. The molecule has 1 N–H and O–H groups in total. The molecule has 7 rings (SSSR count). The summed E-state index contributed by atoms with van der Waals surface area (Å²) < 4.78 is 0. The Kier molecular flexibility index (Phi) is 4.18. The van der Waals surface area contributed by atoms with E-state index in [9.17, 15) is 4.79 Å². The van der Waals surface area contributed by atoms with Gasteiger partial charge in [0, 0.05) is 12.0 Å². The molecule has 2 aliphatic heterocycles. The van der Waals surface area contributed by atoms with Gasteiger partial charge in [0.15, 0.2) is 0 Å². The second-order valence-corrected chi connectivity index (χ2v) is 12.1. The number of carbonyl (C=O) groups excluding carboxylic acids is 1. The predicted octanol–water partition coefficient (Wildman–Crippen LogP) is 4.95. The zero-order chi connectivity index (χ0) is 19.1. The number of nitrogens with zero attached hydrogens (tertiary/aromatic N) is 1. The molecule has 2 heterocycles. The van der Waals surface area contributed by atoms with Gasteiger partial charge in [0.2, 0.25) is 5.91 Å². The van der Waals surface area contributed by atoms with E-state index in [0.717, 1.165) is 35.5 Å². The SMILES string of the molecule is O=C1C2CCCC3CCCC(C32)C2NC3C4CCCCC4C4CCCCC4C3N12. The number of hydrogen-bond donors (Lipinski definition) is 1. The summed E-state index contributed by atoms with van der Waals surface area (Å²) in [5.41, 5.74) is 0. The number of amides is 1. The summed E-state index contributed by atoms with van der Waals surface area (Å²) in [6, 6.07) is 1.16. The molecule has 0 spiro atoms. The van der Waals surface area contributed by atoms with Crippen molar-refractivity contribution in [2.24, 2.45) is 47.3 Å². The third kappa shape index (κ3) is 2.43. The Morgan fingerprint density at radius 3 is 2.07 bits per heavy atom. The molecule has 0 bridgehead atoms. The van der Waals surface area contributed by atoms with Gasteiger partial charge in [-0.1, -0.05) is 51.4 Å². The summed E-state index contributed by atoms with van der Waals surface area (Å²) in [5, 5.41) is 4.25. The molecule has 2 saturated heterocycles. The van der Waals surface area contributed by atoms with E-state index in [-0.39, 0.29) is 0 Å². The van der Waals surface area contributed by atoms with E-state index in [0.29, 0.717) is 36.0 Å². The first-order chi connectivity index (χ1) is 14.3. The van der Waals surface area contributed by atoms with E-state index in [2.05, 4.69) is 10.2 Å². The molecule has 5 aliphatic carbocycles. The van der Waals surface area contributed by atoms with E-state index in [4.69, 9.17) is 0 Å². The molecule has 7 aliphatic rings. The molecule has 11 atom stereocenters. The van der Waals surface area contributed by atoms with E-state index in [1.807, 2.05) is 0 Å². The van der Waals surface area contributed by atoms with Crippen molar-refractivity contribution < 1.29 is 4.79 Å².